The van der Waals surface area contributed by atoms with Crippen molar-refractivity contribution in [2.45, 2.75) is 152 Å². The van der Waals surface area contributed by atoms with Crippen LogP contribution < -0.4 is 14.6 Å². The van der Waals surface area contributed by atoms with Gasteiger partial charge in [0, 0.05) is 6.07 Å². The minimum absolute atomic E-state index is 0. The van der Waals surface area contributed by atoms with E-state index in [1.807, 2.05) is 6.07 Å². The molecule has 4 rings (SSSR count). The van der Waals surface area contributed by atoms with Gasteiger partial charge in [0.05, 0.1) is 4.90 Å². The van der Waals surface area contributed by atoms with Crippen LogP contribution >= 0.6 is 0 Å². The van der Waals surface area contributed by atoms with E-state index < -0.39 is 20.2 Å². The van der Waals surface area contributed by atoms with Crippen LogP contribution in [-0.2, 0) is 33.1 Å². The number of ether oxygens (including phenoxy) is 2. The summed E-state index contributed by atoms with van der Waals surface area (Å²) in [5, 5.41) is 21.2. The van der Waals surface area contributed by atoms with Gasteiger partial charge in [0.2, 0.25) is 0 Å². The van der Waals surface area contributed by atoms with Crippen LogP contribution in [0.1, 0.15) is 141 Å². The predicted molar refractivity (Wildman–Crippen MR) is 232 cm³/mol. The van der Waals surface area contributed by atoms with E-state index in [0.29, 0.717) is 24.2 Å². The maximum atomic E-state index is 11.8. The number of hydrogen-bond acceptors (Lipinski definition) is 9. The van der Waals surface area contributed by atoms with Gasteiger partial charge < -0.3 is 24.2 Å². The second kappa shape index (κ2) is 28.6. The number of para-hydroxylation sites is 2. The first-order valence-electron chi connectivity index (χ1n) is 20.9. The van der Waals surface area contributed by atoms with Crippen molar-refractivity contribution < 1.29 is 45.6 Å². The second-order valence-corrected chi connectivity index (χ2v) is 17.5. The summed E-state index contributed by atoms with van der Waals surface area (Å²) in [4.78, 5) is -0.642. The Hall–Kier alpha value is -2.84. The summed E-state index contributed by atoms with van der Waals surface area (Å²) < 4.78 is 79.8. The van der Waals surface area contributed by atoms with E-state index in [1.165, 1.54) is 120 Å². The molecule has 0 aromatic heterocycles. The fraction of sp³-hybridized carbons (Fsp3) is 0.478. The van der Waals surface area contributed by atoms with E-state index >= 15 is 0 Å². The second-order valence-electron chi connectivity index (χ2n) is 14.8. The zero-order valence-electron chi connectivity index (χ0n) is 34.9. The summed E-state index contributed by atoms with van der Waals surface area (Å²) in [7, 11) is -9.11. The zero-order valence-corrected chi connectivity index (χ0v) is 38.8. The predicted octanol–water partition coefficient (Wildman–Crippen LogP) is 11.7. The third-order valence-electron chi connectivity index (χ3n) is 9.83. The van der Waals surface area contributed by atoms with Crippen molar-refractivity contribution in [2.24, 2.45) is 0 Å². The molecule has 0 spiro atoms. The molecule has 0 bridgehead atoms. The normalized spacial score (nSPS) is 11.3. The summed E-state index contributed by atoms with van der Waals surface area (Å²) in [6.45, 7) is 4.43. The minimum atomic E-state index is -4.69. The SMILES string of the molecule is CCCCCCCCCCCc1cccc(S(=O)(=O)O)c1Oc1cccc(O)c1.CCCCCCCCCCCc1cccc(S(=O)(=O)[O-])c1Oc1cccc([O-])c1.[Ca+2]. The quantitative estimate of drug-likeness (QED) is 0.0351. The Labute approximate surface area is 383 Å². The molecule has 0 saturated heterocycles. The molecule has 4 aromatic carbocycles. The molecule has 10 nitrogen and oxygen atoms in total. The number of hydrogen-bond donors (Lipinski definition) is 2. The van der Waals surface area contributed by atoms with Crippen LogP contribution in [0.3, 0.4) is 0 Å². The molecular formula is C46H62CaO10S2. The molecule has 320 valence electrons. The third-order valence-corrected chi connectivity index (χ3v) is 11.6. The Kier molecular flexibility index (Phi) is 25.4. The molecule has 0 aliphatic rings. The Bertz CT molecular complexity index is 1870. The number of benzene rings is 4. The first-order chi connectivity index (χ1) is 27.8. The molecule has 0 unspecified atom stereocenters. The molecule has 0 fully saturated rings. The molecule has 0 amide bonds. The molecule has 0 radical (unpaired) electrons. The molecule has 0 atom stereocenters. The first-order valence-corrected chi connectivity index (χ1v) is 23.8. The van der Waals surface area contributed by atoms with Gasteiger partial charge in [-0.1, -0.05) is 159 Å². The van der Waals surface area contributed by atoms with E-state index in [-0.39, 0.29) is 76.3 Å². The number of phenolic OH excluding ortho intramolecular Hbond substituents is 1. The fourth-order valence-corrected chi connectivity index (χ4v) is 8.02. The van der Waals surface area contributed by atoms with Crippen LogP contribution in [0.2, 0.25) is 0 Å². The molecule has 0 aliphatic carbocycles. The van der Waals surface area contributed by atoms with E-state index in [4.69, 9.17) is 9.47 Å². The van der Waals surface area contributed by atoms with Crippen LogP contribution in [0, 0.1) is 0 Å². The van der Waals surface area contributed by atoms with Gasteiger partial charge in [-0.2, -0.15) is 8.42 Å². The van der Waals surface area contributed by atoms with Crippen LogP contribution in [0.25, 0.3) is 0 Å². The Morgan fingerprint density at radius 2 is 0.915 bits per heavy atom. The van der Waals surface area contributed by atoms with Crippen molar-refractivity contribution in [1.29, 1.82) is 0 Å². The van der Waals surface area contributed by atoms with Crippen LogP contribution in [0.4, 0.5) is 0 Å². The van der Waals surface area contributed by atoms with Crippen molar-refractivity contribution in [3.8, 4) is 34.5 Å². The first kappa shape index (κ1) is 52.3. The number of aromatic hydroxyl groups is 1. The van der Waals surface area contributed by atoms with E-state index in [2.05, 4.69) is 13.8 Å². The fourth-order valence-electron chi connectivity index (χ4n) is 6.72. The average Bonchev–Trinajstić information content (AvgIpc) is 3.17. The number of phenols is 1. The minimum Gasteiger partial charge on any atom is -0.872 e. The van der Waals surface area contributed by atoms with Gasteiger partial charge in [-0.05, 0) is 73.2 Å². The number of aryl methyl sites for hydroxylation is 2. The van der Waals surface area contributed by atoms with Crippen molar-refractivity contribution in [3.63, 3.8) is 0 Å². The summed E-state index contributed by atoms with van der Waals surface area (Å²) >= 11 is 0. The van der Waals surface area contributed by atoms with Crippen LogP contribution in [-0.4, -0.2) is 68.8 Å². The van der Waals surface area contributed by atoms with Crippen molar-refractivity contribution in [3.05, 3.63) is 96.1 Å². The van der Waals surface area contributed by atoms with Gasteiger partial charge in [0.25, 0.3) is 10.1 Å². The van der Waals surface area contributed by atoms with Crippen LogP contribution in [0.15, 0.2) is 94.7 Å². The van der Waals surface area contributed by atoms with Gasteiger partial charge >= 0.3 is 37.7 Å². The van der Waals surface area contributed by atoms with Gasteiger partial charge in [-0.3, -0.25) is 4.55 Å². The molecule has 2 N–H and O–H groups in total. The molecule has 13 heteroatoms. The maximum absolute atomic E-state index is 11.8. The third kappa shape index (κ3) is 20.5. The number of rotatable bonds is 26. The van der Waals surface area contributed by atoms with Crippen LogP contribution in [0.5, 0.6) is 34.5 Å². The van der Waals surface area contributed by atoms with E-state index in [1.54, 1.807) is 36.4 Å². The monoisotopic (exact) mass is 878 g/mol. The molecule has 59 heavy (non-hydrogen) atoms. The summed E-state index contributed by atoms with van der Waals surface area (Å²) in [6, 6.07) is 21.2. The Morgan fingerprint density at radius 3 is 1.34 bits per heavy atom. The standard InChI is InChI=1S/2C23H32O5S.Ca/c2*1-2-3-4-5-6-7-8-9-10-13-19-14-11-17-22(29(25,26)27)23(19)28-21-16-12-15-20(24)18-21;/h2*11-12,14-18,24H,2-10,13H2,1H3,(H,25,26,27);/q;;+2/p-2. The molecule has 0 aliphatic heterocycles. The smallest absolute Gasteiger partial charge is 0.872 e. The van der Waals surface area contributed by atoms with Gasteiger partial charge in [0.1, 0.15) is 38.0 Å². The largest absolute Gasteiger partial charge is 2.00 e. The topological polar surface area (TPSA) is 173 Å². The Morgan fingerprint density at radius 1 is 0.525 bits per heavy atom. The number of unbranched alkanes of at least 4 members (excludes halogenated alkanes) is 16. The average molecular weight is 879 g/mol. The van der Waals surface area contributed by atoms with Gasteiger partial charge in [-0.15, -0.1) is 5.75 Å². The summed E-state index contributed by atoms with van der Waals surface area (Å²) in [5.41, 5.74) is 1.40. The molecule has 0 heterocycles. The van der Waals surface area contributed by atoms with E-state index in [0.717, 1.165) is 44.1 Å². The van der Waals surface area contributed by atoms with Crippen molar-refractivity contribution in [2.75, 3.05) is 0 Å². The van der Waals surface area contributed by atoms with E-state index in [9.17, 15) is 36.2 Å². The molecule has 4 aromatic rings. The maximum Gasteiger partial charge on any atom is 2.00 e. The summed E-state index contributed by atoms with van der Waals surface area (Å²) in [5.74, 6) is 0.474. The molecule has 0 saturated carbocycles. The zero-order chi connectivity index (χ0) is 42.2. The Balaban J connectivity index is 0.000000400. The van der Waals surface area contributed by atoms with Gasteiger partial charge in [-0.25, -0.2) is 8.42 Å². The van der Waals surface area contributed by atoms with Crippen molar-refractivity contribution in [1.82, 2.24) is 0 Å². The van der Waals surface area contributed by atoms with Crippen molar-refractivity contribution >= 4 is 58.0 Å². The summed E-state index contributed by atoms with van der Waals surface area (Å²) in [6.07, 6.45) is 22.8. The molecular weight excluding hydrogens is 817 g/mol. The van der Waals surface area contributed by atoms with Gasteiger partial charge in [0.15, 0.2) is 5.75 Å².